The Morgan fingerprint density at radius 1 is 0.815 bits per heavy atom. The summed E-state index contributed by atoms with van der Waals surface area (Å²) in [5.41, 5.74) is 10.9. The van der Waals surface area contributed by atoms with Crippen LogP contribution in [0.5, 0.6) is 5.75 Å². The molecule has 0 saturated heterocycles. The van der Waals surface area contributed by atoms with Crippen LogP contribution in [0.2, 0.25) is 0 Å². The number of aromatic nitrogens is 1. The topological polar surface area (TPSA) is 222 Å². The number of nitrogens with zero attached hydrogens (tertiary/aromatic N) is 5. The number of hydrogen-bond donors (Lipinski definition) is 2. The van der Waals surface area contributed by atoms with Crippen molar-refractivity contribution in [3.8, 4) is 16.9 Å². The van der Waals surface area contributed by atoms with Gasteiger partial charge in [0.05, 0.1) is 79.0 Å². The van der Waals surface area contributed by atoms with E-state index in [2.05, 4.69) is 25.6 Å². The van der Waals surface area contributed by atoms with E-state index in [4.69, 9.17) is 38.7 Å². The van der Waals surface area contributed by atoms with Crippen LogP contribution >= 0.6 is 0 Å². The third kappa shape index (κ3) is 18.8. The van der Waals surface area contributed by atoms with Crippen LogP contribution in [0.15, 0.2) is 84.1 Å². The summed E-state index contributed by atoms with van der Waals surface area (Å²) in [7, 11) is 1.28. The second-order valence-electron chi connectivity index (χ2n) is 15.6. The average Bonchev–Trinajstić information content (AvgIpc) is 3.28. The molecule has 18 nitrogen and oxygen atoms in total. The second-order valence-corrected chi connectivity index (χ2v) is 15.6. The predicted molar refractivity (Wildman–Crippen MR) is 244 cm³/mol. The number of fused-ring (bicyclic) bond motifs is 1. The fourth-order valence-electron chi connectivity index (χ4n) is 6.40. The van der Waals surface area contributed by atoms with Crippen molar-refractivity contribution in [2.45, 2.75) is 58.6 Å². The quantitative estimate of drug-likeness (QED) is 0.0193. The minimum absolute atomic E-state index is 0.0348. The van der Waals surface area contributed by atoms with E-state index in [1.54, 1.807) is 33.0 Å². The zero-order valence-corrected chi connectivity index (χ0v) is 37.9. The summed E-state index contributed by atoms with van der Waals surface area (Å²) in [6.07, 6.45) is 1.21. The Morgan fingerprint density at radius 2 is 1.48 bits per heavy atom. The first kappa shape index (κ1) is 51.3. The zero-order valence-electron chi connectivity index (χ0n) is 37.9. The first-order valence-corrected chi connectivity index (χ1v) is 21.5. The lowest BCUT2D eigenvalue weighted by molar-refractivity contribution is -0.141. The van der Waals surface area contributed by atoms with Crippen LogP contribution in [-0.2, 0) is 42.8 Å². The van der Waals surface area contributed by atoms with Gasteiger partial charge in [0.15, 0.2) is 0 Å². The molecule has 2 N–H and O–H groups in total. The molecule has 1 heterocycles. The van der Waals surface area contributed by atoms with Crippen LogP contribution in [0, 0.1) is 6.92 Å². The molecular formula is C47H61N7O11. The van der Waals surface area contributed by atoms with Gasteiger partial charge in [-0.1, -0.05) is 53.6 Å². The molecule has 18 heteroatoms. The minimum atomic E-state index is -0.753. The fraction of sp³-hybridized carbons (Fsp3) is 0.468. The molecular weight excluding hydrogens is 839 g/mol. The molecule has 0 aliphatic rings. The van der Waals surface area contributed by atoms with E-state index in [1.165, 1.54) is 12.0 Å². The van der Waals surface area contributed by atoms with Crippen LogP contribution in [-0.4, -0.2) is 121 Å². The van der Waals surface area contributed by atoms with Gasteiger partial charge < -0.3 is 43.8 Å². The highest BCUT2D eigenvalue weighted by molar-refractivity contribution is 6.00. The number of anilines is 1. The van der Waals surface area contributed by atoms with Crippen LogP contribution in [0.4, 0.5) is 10.6 Å². The summed E-state index contributed by atoms with van der Waals surface area (Å²) in [4.78, 5) is 60.1. The number of rotatable bonds is 28. The first-order chi connectivity index (χ1) is 31.4. The summed E-state index contributed by atoms with van der Waals surface area (Å²) < 4.78 is 38.6. The molecule has 0 bridgehead atoms. The molecule has 65 heavy (non-hydrogen) atoms. The van der Waals surface area contributed by atoms with Gasteiger partial charge in [0.25, 0.3) is 0 Å². The smallest absolute Gasteiger partial charge is 0.416 e. The lowest BCUT2D eigenvalue weighted by Gasteiger charge is -2.27. The van der Waals surface area contributed by atoms with Gasteiger partial charge in [-0.2, -0.15) is 0 Å². The van der Waals surface area contributed by atoms with Gasteiger partial charge in [-0.25, -0.2) is 9.78 Å². The third-order valence-electron chi connectivity index (χ3n) is 9.44. The number of ether oxygens (including phenoxy) is 7. The zero-order chi connectivity index (χ0) is 46.9. The van der Waals surface area contributed by atoms with E-state index >= 15 is 0 Å². The van der Waals surface area contributed by atoms with Gasteiger partial charge in [0, 0.05) is 36.0 Å². The molecule has 4 rings (SSSR count). The van der Waals surface area contributed by atoms with Gasteiger partial charge in [-0.05, 0) is 91.6 Å². The summed E-state index contributed by atoms with van der Waals surface area (Å²) in [6, 6.07) is 22.1. The van der Waals surface area contributed by atoms with Crippen molar-refractivity contribution in [3.05, 3.63) is 101 Å². The summed E-state index contributed by atoms with van der Waals surface area (Å²) in [6.45, 7) is 10.9. The van der Waals surface area contributed by atoms with Crippen LogP contribution < -0.4 is 20.3 Å². The Labute approximate surface area is 379 Å². The Kier molecular flexibility index (Phi) is 21.9. The van der Waals surface area contributed by atoms with Crippen molar-refractivity contribution in [1.29, 1.82) is 0 Å². The van der Waals surface area contributed by atoms with Crippen molar-refractivity contribution in [3.63, 3.8) is 0 Å². The maximum Gasteiger partial charge on any atom is 0.416 e. The van der Waals surface area contributed by atoms with Crippen LogP contribution in [0.1, 0.15) is 57.2 Å². The number of pyridine rings is 1. The van der Waals surface area contributed by atoms with Crippen molar-refractivity contribution in [2.75, 3.05) is 91.1 Å². The van der Waals surface area contributed by atoms with E-state index in [0.29, 0.717) is 83.1 Å². The Hall–Kier alpha value is -6.30. The summed E-state index contributed by atoms with van der Waals surface area (Å²) in [5, 5.41) is 10.8. The van der Waals surface area contributed by atoms with E-state index < -0.39 is 29.6 Å². The monoisotopic (exact) mass is 899 g/mol. The number of esters is 1. The molecule has 0 unspecified atom stereocenters. The lowest BCUT2D eigenvalue weighted by atomic mass is 9.94. The number of nitrogens with one attached hydrogen (secondary N) is 2. The normalized spacial score (nSPS) is 11.6. The molecule has 1 atom stereocenters. The summed E-state index contributed by atoms with van der Waals surface area (Å²) in [5.74, 6) is -0.291. The molecule has 0 spiro atoms. The number of amides is 3. The second kappa shape index (κ2) is 27.8. The number of methoxy groups -OCH3 is 1. The van der Waals surface area contributed by atoms with Gasteiger partial charge in [-0.15, -0.1) is 0 Å². The van der Waals surface area contributed by atoms with E-state index in [1.807, 2.05) is 73.7 Å². The number of azide groups is 1. The molecule has 3 aromatic carbocycles. The Balaban J connectivity index is 1.28. The molecule has 1 aromatic heterocycles. The predicted octanol–water partition coefficient (Wildman–Crippen LogP) is 7.02. The highest BCUT2D eigenvalue weighted by Gasteiger charge is 2.25. The highest BCUT2D eigenvalue weighted by atomic mass is 16.6. The van der Waals surface area contributed by atoms with Crippen molar-refractivity contribution in [2.24, 2.45) is 5.11 Å². The molecule has 0 aliphatic carbocycles. The third-order valence-corrected chi connectivity index (χ3v) is 9.44. The van der Waals surface area contributed by atoms with Gasteiger partial charge >= 0.3 is 12.1 Å². The molecule has 0 fully saturated rings. The number of carbonyl (C=O) groups excluding carboxylic acids is 4. The molecule has 4 aromatic rings. The number of aryl methyl sites for hydroxylation is 1. The molecule has 3 amide bonds. The Bertz CT molecular complexity index is 2190. The van der Waals surface area contributed by atoms with Crippen LogP contribution in [0.3, 0.4) is 0 Å². The minimum Gasteiger partial charge on any atom is -0.491 e. The average molecular weight is 900 g/mol. The molecule has 350 valence electrons. The van der Waals surface area contributed by atoms with Crippen molar-refractivity contribution < 1.29 is 52.3 Å². The van der Waals surface area contributed by atoms with E-state index in [-0.39, 0.29) is 38.3 Å². The van der Waals surface area contributed by atoms with E-state index in [0.717, 1.165) is 27.5 Å². The number of hydrogen-bond acceptors (Lipinski definition) is 13. The van der Waals surface area contributed by atoms with Gasteiger partial charge in [-0.3, -0.25) is 19.3 Å². The first-order valence-electron chi connectivity index (χ1n) is 21.5. The van der Waals surface area contributed by atoms with Crippen molar-refractivity contribution >= 4 is 40.5 Å². The lowest BCUT2D eigenvalue weighted by Crippen LogP contribution is -2.40. The van der Waals surface area contributed by atoms with E-state index in [9.17, 15) is 19.2 Å². The maximum absolute atomic E-state index is 13.2. The molecule has 0 aliphatic heterocycles. The summed E-state index contributed by atoms with van der Waals surface area (Å²) >= 11 is 0. The highest BCUT2D eigenvalue weighted by Crippen LogP contribution is 2.35. The number of carbonyl (C=O) groups is 4. The molecule has 0 saturated carbocycles. The maximum atomic E-state index is 13.2. The van der Waals surface area contributed by atoms with Gasteiger partial charge in [0.1, 0.15) is 23.8 Å². The van der Waals surface area contributed by atoms with Gasteiger partial charge in [0.2, 0.25) is 11.8 Å². The largest absolute Gasteiger partial charge is 0.491 e. The standard InChI is InChI=1S/C47H61N7O11/c1-34-17-18-49-42(30-34)54(46(58)65-47(2,3)4)20-9-16-43(55)50-33-44(56)52-40(32-45(57)59-5)36-11-6-10-35(31-36)37-12-7-14-39-38(37)13-8-15-41(39)64-29-28-63-27-26-62-25-24-61-23-22-60-21-19-51-53-48/h6-8,10-15,17-18,30-31,40H,9,16,19-29,32-33H2,1-5H3,(H,50,55)(H,52,56)/t40-/m0/s1. The Morgan fingerprint density at radius 3 is 2.15 bits per heavy atom. The van der Waals surface area contributed by atoms with Crippen molar-refractivity contribution in [1.82, 2.24) is 15.6 Å². The fourth-order valence-corrected chi connectivity index (χ4v) is 6.40. The molecule has 0 radical (unpaired) electrons. The number of benzene rings is 3. The SMILES string of the molecule is COC(=O)C[C@H](NC(=O)CNC(=O)CCCN(C(=O)OC(C)(C)C)c1cc(C)ccn1)c1cccc(-c2cccc3c(OCCOCCOCCOCCOCCN=[N+]=[N-])cccc23)c1. The van der Waals surface area contributed by atoms with Crippen LogP contribution in [0.25, 0.3) is 32.3 Å².